The van der Waals surface area contributed by atoms with Crippen molar-refractivity contribution in [3.63, 3.8) is 0 Å². The first-order chi connectivity index (χ1) is 16.2. The number of carbonyl (C=O) groups is 1. The Morgan fingerprint density at radius 2 is 1.62 bits per heavy atom. The van der Waals surface area contributed by atoms with Crippen molar-refractivity contribution in [2.75, 3.05) is 10.0 Å². The molecule has 0 aliphatic heterocycles. The summed E-state index contributed by atoms with van der Waals surface area (Å²) >= 11 is 6.25. The molecular weight excluding hydrogens is 468 g/mol. The highest BCUT2D eigenvalue weighted by Gasteiger charge is 2.22. The lowest BCUT2D eigenvalue weighted by atomic mass is 10.0. The summed E-state index contributed by atoms with van der Waals surface area (Å²) in [5.74, 6) is -0.404. The molecule has 5 rings (SSSR count). The van der Waals surface area contributed by atoms with E-state index in [1.54, 1.807) is 6.07 Å². The van der Waals surface area contributed by atoms with E-state index in [4.69, 9.17) is 11.6 Å². The number of rotatable bonds is 5. The van der Waals surface area contributed by atoms with E-state index in [2.05, 4.69) is 16.1 Å². The van der Waals surface area contributed by atoms with Gasteiger partial charge in [0, 0.05) is 16.6 Å². The number of hydrogen-bond donors (Lipinski definition) is 2. The topological polar surface area (TPSA) is 75.3 Å². The van der Waals surface area contributed by atoms with E-state index in [-0.39, 0.29) is 15.5 Å². The Morgan fingerprint density at radius 1 is 0.882 bits per heavy atom. The fourth-order valence-electron chi connectivity index (χ4n) is 4.53. The molecule has 4 aromatic carbocycles. The summed E-state index contributed by atoms with van der Waals surface area (Å²) in [6, 6.07) is 19.7. The van der Waals surface area contributed by atoms with Gasteiger partial charge in [0.15, 0.2) is 0 Å². The van der Waals surface area contributed by atoms with Crippen LogP contribution in [0.2, 0.25) is 5.02 Å². The highest BCUT2D eigenvalue weighted by atomic mass is 35.5. The van der Waals surface area contributed by atoms with Gasteiger partial charge in [-0.2, -0.15) is 0 Å². The molecule has 0 saturated heterocycles. The normalized spacial score (nSPS) is 12.7. The molecule has 1 amide bonds. The lowest BCUT2D eigenvalue weighted by Gasteiger charge is -2.14. The monoisotopic (exact) mass is 490 g/mol. The molecule has 0 heterocycles. The van der Waals surface area contributed by atoms with E-state index in [0.29, 0.717) is 11.4 Å². The first kappa shape index (κ1) is 22.4. The van der Waals surface area contributed by atoms with Crippen molar-refractivity contribution in [2.24, 2.45) is 0 Å². The second-order valence-electron chi connectivity index (χ2n) is 8.64. The molecule has 5 nitrogen and oxygen atoms in total. The maximum atomic E-state index is 13.1. The van der Waals surface area contributed by atoms with Crippen LogP contribution in [-0.2, 0) is 22.9 Å². The van der Waals surface area contributed by atoms with Gasteiger partial charge in [0.2, 0.25) is 0 Å². The van der Waals surface area contributed by atoms with Gasteiger partial charge in [-0.3, -0.25) is 9.52 Å². The van der Waals surface area contributed by atoms with Gasteiger partial charge in [-0.05, 0) is 79.1 Å². The van der Waals surface area contributed by atoms with Gasteiger partial charge in [-0.15, -0.1) is 0 Å². The fraction of sp³-hybridized carbons (Fsp3) is 0.148. The number of amides is 1. The van der Waals surface area contributed by atoms with Gasteiger partial charge in [-0.25, -0.2) is 8.42 Å². The smallest absolute Gasteiger partial charge is 0.263 e. The molecule has 0 bridgehead atoms. The number of hydrogen-bond acceptors (Lipinski definition) is 3. The zero-order chi connectivity index (χ0) is 24.0. The third-order valence-corrected chi connectivity index (χ3v) is 8.08. The van der Waals surface area contributed by atoms with Crippen LogP contribution in [0.1, 0.15) is 32.6 Å². The number of sulfonamides is 1. The number of anilines is 2. The lowest BCUT2D eigenvalue weighted by molar-refractivity contribution is 0.102. The number of halogens is 1. The Bertz CT molecular complexity index is 1570. The summed E-state index contributed by atoms with van der Waals surface area (Å²) in [6.45, 7) is 3.76. The van der Waals surface area contributed by atoms with Crippen molar-refractivity contribution in [1.82, 2.24) is 0 Å². The molecule has 0 aromatic heterocycles. The quantitative estimate of drug-likeness (QED) is 0.346. The Labute approximate surface area is 203 Å². The molecule has 2 N–H and O–H groups in total. The summed E-state index contributed by atoms with van der Waals surface area (Å²) in [5, 5.41) is 5.17. The number of carbonyl (C=O) groups excluding carboxylic acids is 1. The lowest BCUT2D eigenvalue weighted by Crippen LogP contribution is -2.17. The molecular formula is C27H23ClN2O3S. The molecule has 1 aliphatic rings. The predicted molar refractivity (Wildman–Crippen MR) is 137 cm³/mol. The standard InChI is InChI=1S/C27H23ClN2O3S/c1-16-6-12-23(17(2)14-16)30-34(32,33)25-15-20(9-11-22(25)28)27(31)29-24-13-10-19-8-7-18-4-3-5-21(24)26(18)19/h3-6,9-15,30H,7-8H2,1-2H3,(H,29,31). The van der Waals surface area contributed by atoms with Crippen molar-refractivity contribution in [2.45, 2.75) is 31.6 Å². The Balaban J connectivity index is 1.46. The average Bonchev–Trinajstić information content (AvgIpc) is 3.22. The Morgan fingerprint density at radius 3 is 2.38 bits per heavy atom. The highest BCUT2D eigenvalue weighted by molar-refractivity contribution is 7.92. The minimum atomic E-state index is -4.01. The van der Waals surface area contributed by atoms with E-state index >= 15 is 0 Å². The Kier molecular flexibility index (Phi) is 5.58. The van der Waals surface area contributed by atoms with Crippen molar-refractivity contribution in [3.8, 4) is 0 Å². The minimum Gasteiger partial charge on any atom is -0.321 e. The van der Waals surface area contributed by atoms with Crippen LogP contribution in [0.3, 0.4) is 0 Å². The van der Waals surface area contributed by atoms with E-state index in [1.807, 2.05) is 50.2 Å². The molecule has 0 fully saturated rings. The van der Waals surface area contributed by atoms with E-state index in [0.717, 1.165) is 29.4 Å². The van der Waals surface area contributed by atoms with Crippen LogP contribution in [0.15, 0.2) is 71.6 Å². The van der Waals surface area contributed by atoms with Gasteiger partial charge in [0.1, 0.15) is 4.90 Å². The molecule has 7 heteroatoms. The molecule has 0 atom stereocenters. The van der Waals surface area contributed by atoms with Crippen LogP contribution >= 0.6 is 11.6 Å². The second kappa shape index (κ2) is 8.46. The summed E-state index contributed by atoms with van der Waals surface area (Å²) in [7, 11) is -4.01. The second-order valence-corrected chi connectivity index (χ2v) is 10.7. The summed E-state index contributed by atoms with van der Waals surface area (Å²) in [5.41, 5.74) is 5.74. The summed E-state index contributed by atoms with van der Waals surface area (Å²) in [6.07, 6.45) is 1.99. The van der Waals surface area contributed by atoms with Crippen LogP contribution in [0.4, 0.5) is 11.4 Å². The van der Waals surface area contributed by atoms with Crippen molar-refractivity contribution in [3.05, 3.63) is 99.6 Å². The van der Waals surface area contributed by atoms with E-state index < -0.39 is 15.9 Å². The van der Waals surface area contributed by atoms with Crippen molar-refractivity contribution < 1.29 is 13.2 Å². The third kappa shape index (κ3) is 4.04. The van der Waals surface area contributed by atoms with Crippen LogP contribution < -0.4 is 10.0 Å². The average molecular weight is 491 g/mol. The molecule has 0 unspecified atom stereocenters. The highest BCUT2D eigenvalue weighted by Crippen LogP contribution is 2.35. The number of nitrogens with one attached hydrogen (secondary N) is 2. The van der Waals surface area contributed by atoms with Crippen LogP contribution in [0.5, 0.6) is 0 Å². The minimum absolute atomic E-state index is 0.0409. The molecule has 0 saturated carbocycles. The molecule has 1 aliphatic carbocycles. The maximum absolute atomic E-state index is 13.1. The van der Waals surface area contributed by atoms with Gasteiger partial charge >= 0.3 is 0 Å². The van der Waals surface area contributed by atoms with Crippen LogP contribution in [0.25, 0.3) is 10.8 Å². The molecule has 0 radical (unpaired) electrons. The zero-order valence-corrected chi connectivity index (χ0v) is 20.3. The predicted octanol–water partition coefficient (Wildman–Crippen LogP) is 6.26. The van der Waals surface area contributed by atoms with Gasteiger partial charge in [0.25, 0.3) is 15.9 Å². The van der Waals surface area contributed by atoms with Crippen molar-refractivity contribution >= 4 is 49.7 Å². The summed E-state index contributed by atoms with van der Waals surface area (Å²) < 4.78 is 28.8. The van der Waals surface area contributed by atoms with Gasteiger partial charge in [0.05, 0.1) is 10.7 Å². The van der Waals surface area contributed by atoms with Gasteiger partial charge < -0.3 is 5.32 Å². The van der Waals surface area contributed by atoms with Crippen LogP contribution in [-0.4, -0.2) is 14.3 Å². The first-order valence-corrected chi connectivity index (χ1v) is 12.8. The molecule has 0 spiro atoms. The fourth-order valence-corrected chi connectivity index (χ4v) is 6.19. The van der Waals surface area contributed by atoms with Crippen molar-refractivity contribution in [1.29, 1.82) is 0 Å². The van der Waals surface area contributed by atoms with E-state index in [9.17, 15) is 13.2 Å². The molecule has 34 heavy (non-hydrogen) atoms. The Hall–Kier alpha value is -3.35. The SMILES string of the molecule is Cc1ccc(NS(=O)(=O)c2cc(C(=O)Nc3ccc4c5c(cccc35)CC4)ccc2Cl)c(C)c1. The summed E-state index contributed by atoms with van der Waals surface area (Å²) in [4.78, 5) is 13.0. The molecule has 172 valence electrons. The van der Waals surface area contributed by atoms with Gasteiger partial charge in [-0.1, -0.05) is 53.6 Å². The number of benzene rings is 4. The van der Waals surface area contributed by atoms with E-state index in [1.165, 1.54) is 34.7 Å². The zero-order valence-electron chi connectivity index (χ0n) is 18.8. The molecule has 4 aromatic rings. The number of aryl methyl sites for hydroxylation is 4. The third-order valence-electron chi connectivity index (χ3n) is 6.23. The maximum Gasteiger partial charge on any atom is 0.263 e. The largest absolute Gasteiger partial charge is 0.321 e. The first-order valence-electron chi connectivity index (χ1n) is 11.0. The van der Waals surface area contributed by atoms with Crippen LogP contribution in [0, 0.1) is 13.8 Å².